The van der Waals surface area contributed by atoms with E-state index in [0.29, 0.717) is 17.7 Å². The molecule has 0 aromatic carbocycles. The Labute approximate surface area is 114 Å². The number of nitrogens with zero attached hydrogens (tertiary/aromatic N) is 1. The third kappa shape index (κ3) is 6.03. The van der Waals surface area contributed by atoms with Gasteiger partial charge >= 0.3 is 0 Å². The quantitative estimate of drug-likeness (QED) is 0.811. The molecule has 0 aliphatic carbocycles. The van der Waals surface area contributed by atoms with Crippen molar-refractivity contribution in [1.82, 2.24) is 10.3 Å². The van der Waals surface area contributed by atoms with Crippen molar-refractivity contribution < 1.29 is 9.90 Å². The van der Waals surface area contributed by atoms with Crippen molar-refractivity contribution in [2.45, 2.75) is 27.2 Å². The molecule has 0 fully saturated rings. The van der Waals surface area contributed by atoms with Crippen LogP contribution in [0.25, 0.3) is 0 Å². The van der Waals surface area contributed by atoms with E-state index in [9.17, 15) is 4.79 Å². The normalized spacial score (nSPS) is 10.5. The lowest BCUT2D eigenvalue weighted by molar-refractivity contribution is 0.0949. The zero-order valence-electron chi connectivity index (χ0n) is 11.7. The topological polar surface area (TPSA) is 62.2 Å². The van der Waals surface area contributed by atoms with Crippen LogP contribution in [-0.2, 0) is 0 Å². The van der Waals surface area contributed by atoms with Crippen molar-refractivity contribution in [2.75, 3.05) is 13.2 Å². The van der Waals surface area contributed by atoms with Crippen molar-refractivity contribution in [3.8, 4) is 11.8 Å². The monoisotopic (exact) mass is 260 g/mol. The van der Waals surface area contributed by atoms with Gasteiger partial charge in [-0.2, -0.15) is 0 Å². The molecule has 0 aliphatic rings. The van der Waals surface area contributed by atoms with Crippen LogP contribution in [0, 0.1) is 17.3 Å². The first kappa shape index (κ1) is 15.2. The Hall–Kier alpha value is -1.86. The Morgan fingerprint density at radius 3 is 2.79 bits per heavy atom. The SMILES string of the molecule is CC(C)(C)CCNC(=O)c1cncc(C#CCO)c1. The second-order valence-electron chi connectivity index (χ2n) is 5.49. The number of rotatable bonds is 3. The van der Waals surface area contributed by atoms with E-state index < -0.39 is 0 Å². The van der Waals surface area contributed by atoms with Gasteiger partial charge in [0.05, 0.1) is 5.56 Å². The Morgan fingerprint density at radius 1 is 1.42 bits per heavy atom. The van der Waals surface area contributed by atoms with Crippen molar-refractivity contribution >= 4 is 5.91 Å². The van der Waals surface area contributed by atoms with Crippen LogP contribution in [0.1, 0.15) is 43.1 Å². The highest BCUT2D eigenvalue weighted by atomic mass is 16.2. The van der Waals surface area contributed by atoms with E-state index in [1.807, 2.05) is 0 Å². The maximum absolute atomic E-state index is 11.9. The molecule has 0 saturated carbocycles. The van der Waals surface area contributed by atoms with E-state index in [1.165, 1.54) is 6.20 Å². The summed E-state index contributed by atoms with van der Waals surface area (Å²) >= 11 is 0. The highest BCUT2D eigenvalue weighted by Crippen LogP contribution is 2.17. The molecule has 4 nitrogen and oxygen atoms in total. The van der Waals surface area contributed by atoms with Gasteiger partial charge in [0, 0.05) is 24.5 Å². The largest absolute Gasteiger partial charge is 0.384 e. The van der Waals surface area contributed by atoms with Gasteiger partial charge in [-0.05, 0) is 17.9 Å². The number of aromatic nitrogens is 1. The van der Waals surface area contributed by atoms with Gasteiger partial charge < -0.3 is 10.4 Å². The van der Waals surface area contributed by atoms with Gasteiger partial charge in [0.25, 0.3) is 5.91 Å². The van der Waals surface area contributed by atoms with Gasteiger partial charge in [0.15, 0.2) is 0 Å². The zero-order chi connectivity index (χ0) is 14.3. The fourth-order valence-electron chi connectivity index (χ4n) is 1.43. The molecule has 0 unspecified atom stereocenters. The molecule has 0 atom stereocenters. The van der Waals surface area contributed by atoms with Crippen molar-refractivity contribution in [2.24, 2.45) is 5.41 Å². The van der Waals surface area contributed by atoms with Gasteiger partial charge in [0.2, 0.25) is 0 Å². The molecule has 102 valence electrons. The van der Waals surface area contributed by atoms with Gasteiger partial charge in [0.1, 0.15) is 6.61 Å². The lowest BCUT2D eigenvalue weighted by Crippen LogP contribution is -2.27. The summed E-state index contributed by atoms with van der Waals surface area (Å²) in [6.45, 7) is 6.82. The van der Waals surface area contributed by atoms with E-state index in [0.717, 1.165) is 6.42 Å². The molecule has 0 bridgehead atoms. The average Bonchev–Trinajstić information content (AvgIpc) is 2.35. The van der Waals surface area contributed by atoms with Crippen LogP contribution >= 0.6 is 0 Å². The minimum Gasteiger partial charge on any atom is -0.384 e. The molecule has 0 radical (unpaired) electrons. The van der Waals surface area contributed by atoms with E-state index in [1.54, 1.807) is 12.3 Å². The van der Waals surface area contributed by atoms with E-state index in [-0.39, 0.29) is 17.9 Å². The van der Waals surface area contributed by atoms with Crippen molar-refractivity contribution in [3.05, 3.63) is 29.6 Å². The number of pyridine rings is 1. The molecule has 4 heteroatoms. The van der Waals surface area contributed by atoms with Crippen LogP contribution in [0.3, 0.4) is 0 Å². The van der Waals surface area contributed by atoms with Gasteiger partial charge in [-0.25, -0.2) is 0 Å². The summed E-state index contributed by atoms with van der Waals surface area (Å²) in [4.78, 5) is 15.9. The molecule has 19 heavy (non-hydrogen) atoms. The molecule has 0 aliphatic heterocycles. The smallest absolute Gasteiger partial charge is 0.252 e. The van der Waals surface area contributed by atoms with Crippen molar-refractivity contribution in [3.63, 3.8) is 0 Å². The number of carbonyl (C=O) groups is 1. The number of nitrogens with one attached hydrogen (secondary N) is 1. The molecular formula is C15H20N2O2. The molecule has 1 amide bonds. The standard InChI is InChI=1S/C15H20N2O2/c1-15(2,3)6-7-17-14(19)13-9-12(5-4-8-18)10-16-11-13/h9-11,18H,6-8H2,1-3H3,(H,17,19). The summed E-state index contributed by atoms with van der Waals surface area (Å²) < 4.78 is 0. The predicted octanol–water partition coefficient (Wildman–Crippen LogP) is 1.59. The zero-order valence-corrected chi connectivity index (χ0v) is 11.7. The van der Waals surface area contributed by atoms with Crippen LogP contribution in [0.15, 0.2) is 18.5 Å². The van der Waals surface area contributed by atoms with Crippen LogP contribution in [0.5, 0.6) is 0 Å². The molecule has 1 rings (SSSR count). The number of amides is 1. The molecule has 2 N–H and O–H groups in total. The lowest BCUT2D eigenvalue weighted by Gasteiger charge is -2.17. The first-order chi connectivity index (χ1) is 8.92. The number of hydrogen-bond donors (Lipinski definition) is 2. The fraction of sp³-hybridized carbons (Fsp3) is 0.467. The van der Waals surface area contributed by atoms with Crippen LogP contribution < -0.4 is 5.32 Å². The maximum Gasteiger partial charge on any atom is 0.252 e. The Morgan fingerprint density at radius 2 is 2.16 bits per heavy atom. The molecule has 0 spiro atoms. The highest BCUT2D eigenvalue weighted by Gasteiger charge is 2.11. The summed E-state index contributed by atoms with van der Waals surface area (Å²) in [5.74, 6) is 5.11. The summed E-state index contributed by atoms with van der Waals surface area (Å²) in [5.41, 5.74) is 1.30. The Kier molecular flexibility index (Phi) is 5.53. The third-order valence-corrected chi connectivity index (χ3v) is 2.47. The Bertz CT molecular complexity index is 493. The summed E-state index contributed by atoms with van der Waals surface area (Å²) in [5, 5.41) is 11.5. The van der Waals surface area contributed by atoms with Gasteiger partial charge in [-0.1, -0.05) is 32.6 Å². The van der Waals surface area contributed by atoms with Crippen LogP contribution in [-0.4, -0.2) is 29.1 Å². The van der Waals surface area contributed by atoms with E-state index in [2.05, 4.69) is 42.9 Å². The highest BCUT2D eigenvalue weighted by molar-refractivity contribution is 5.94. The van der Waals surface area contributed by atoms with E-state index >= 15 is 0 Å². The van der Waals surface area contributed by atoms with E-state index in [4.69, 9.17) is 5.11 Å². The predicted molar refractivity (Wildman–Crippen MR) is 74.6 cm³/mol. The number of carbonyl (C=O) groups excluding carboxylic acids is 1. The van der Waals surface area contributed by atoms with Gasteiger partial charge in [-0.15, -0.1) is 0 Å². The second-order valence-corrected chi connectivity index (χ2v) is 5.49. The third-order valence-electron chi connectivity index (χ3n) is 2.47. The lowest BCUT2D eigenvalue weighted by atomic mass is 9.92. The van der Waals surface area contributed by atoms with Crippen LogP contribution in [0.2, 0.25) is 0 Å². The van der Waals surface area contributed by atoms with Crippen molar-refractivity contribution in [1.29, 1.82) is 0 Å². The minimum atomic E-state index is -0.206. The summed E-state index contributed by atoms with van der Waals surface area (Å²) in [6.07, 6.45) is 3.99. The summed E-state index contributed by atoms with van der Waals surface area (Å²) in [7, 11) is 0. The summed E-state index contributed by atoms with van der Waals surface area (Å²) in [6, 6.07) is 1.67. The maximum atomic E-state index is 11.9. The first-order valence-electron chi connectivity index (χ1n) is 6.25. The Balaban J connectivity index is 2.62. The van der Waals surface area contributed by atoms with Gasteiger partial charge in [-0.3, -0.25) is 9.78 Å². The molecule has 1 heterocycles. The molecule has 1 aromatic rings. The minimum absolute atomic E-state index is 0.149. The first-order valence-corrected chi connectivity index (χ1v) is 6.25. The second kappa shape index (κ2) is 6.91. The number of hydrogen-bond acceptors (Lipinski definition) is 3. The number of aliphatic hydroxyl groups excluding tert-OH is 1. The molecule has 1 aromatic heterocycles. The number of aliphatic hydroxyl groups is 1. The average molecular weight is 260 g/mol. The molecule has 0 saturated heterocycles. The molecular weight excluding hydrogens is 240 g/mol. The van der Waals surface area contributed by atoms with Crippen LogP contribution in [0.4, 0.5) is 0 Å². The fourth-order valence-corrected chi connectivity index (χ4v) is 1.43.